The Morgan fingerprint density at radius 3 is 2.35 bits per heavy atom. The number of ether oxygens (including phenoxy) is 1. The molecular formula is C11H16N2O6S. The molecule has 0 unspecified atom stereocenters. The summed E-state index contributed by atoms with van der Waals surface area (Å²) in [6.45, 7) is 2.69. The lowest BCUT2D eigenvalue weighted by atomic mass is 10.1. The van der Waals surface area contributed by atoms with Crippen molar-refractivity contribution in [2.75, 3.05) is 7.11 Å². The Kier molecular flexibility index (Phi) is 4.25. The fourth-order valence-corrected chi connectivity index (χ4v) is 3.02. The van der Waals surface area contributed by atoms with Crippen molar-refractivity contribution in [2.45, 2.75) is 24.3 Å². The number of hydrogen-bond acceptors (Lipinski definition) is 5. The van der Waals surface area contributed by atoms with Crippen molar-refractivity contribution in [2.24, 2.45) is 7.05 Å². The van der Waals surface area contributed by atoms with E-state index >= 15 is 0 Å². The summed E-state index contributed by atoms with van der Waals surface area (Å²) in [5, 5.41) is 8.89. The summed E-state index contributed by atoms with van der Waals surface area (Å²) in [6, 6.07) is 1.01. The maximum atomic E-state index is 12.1. The minimum atomic E-state index is -4.04. The van der Waals surface area contributed by atoms with Gasteiger partial charge in [0, 0.05) is 13.2 Å². The van der Waals surface area contributed by atoms with E-state index in [1.807, 2.05) is 0 Å². The molecule has 0 spiro atoms. The molecule has 0 aliphatic rings. The predicted octanol–water partition coefficient (Wildman–Crippen LogP) is -0.0468. The molecule has 0 bridgehead atoms. The SMILES string of the molecule is COC(=O)C(C)(C)NS(=O)(=O)c1cc(C(=O)O)n(C)c1. The fraction of sp³-hybridized carbons (Fsp3) is 0.455. The van der Waals surface area contributed by atoms with E-state index in [1.54, 1.807) is 0 Å². The first-order chi connectivity index (χ1) is 9.01. The summed E-state index contributed by atoms with van der Waals surface area (Å²) < 4.78 is 32.1. The van der Waals surface area contributed by atoms with E-state index in [0.717, 1.165) is 19.4 Å². The highest BCUT2D eigenvalue weighted by molar-refractivity contribution is 7.89. The Morgan fingerprint density at radius 1 is 1.40 bits per heavy atom. The first-order valence-corrected chi connectivity index (χ1v) is 7.01. The quantitative estimate of drug-likeness (QED) is 0.737. The van der Waals surface area contributed by atoms with Gasteiger partial charge in [0.25, 0.3) is 0 Å². The second kappa shape index (κ2) is 5.25. The number of sulfonamides is 1. The van der Waals surface area contributed by atoms with Gasteiger partial charge in [0.1, 0.15) is 16.1 Å². The van der Waals surface area contributed by atoms with E-state index in [2.05, 4.69) is 9.46 Å². The highest BCUT2D eigenvalue weighted by Crippen LogP contribution is 2.17. The third-order valence-electron chi connectivity index (χ3n) is 2.59. The van der Waals surface area contributed by atoms with Gasteiger partial charge in [-0.2, -0.15) is 4.72 Å². The Bertz CT molecular complexity index is 644. The Morgan fingerprint density at radius 2 is 1.95 bits per heavy atom. The third kappa shape index (κ3) is 3.17. The fourth-order valence-electron chi connectivity index (χ4n) is 1.59. The van der Waals surface area contributed by atoms with E-state index in [1.165, 1.54) is 25.5 Å². The number of aromatic nitrogens is 1. The second-order valence-corrected chi connectivity index (χ2v) is 6.38. The van der Waals surface area contributed by atoms with Gasteiger partial charge in [-0.1, -0.05) is 0 Å². The van der Waals surface area contributed by atoms with Crippen LogP contribution < -0.4 is 4.72 Å². The van der Waals surface area contributed by atoms with Crippen LogP contribution in [0.5, 0.6) is 0 Å². The molecule has 1 heterocycles. The minimum Gasteiger partial charge on any atom is -0.477 e. The average Bonchev–Trinajstić information content (AvgIpc) is 2.69. The van der Waals surface area contributed by atoms with Crippen LogP contribution in [0, 0.1) is 0 Å². The van der Waals surface area contributed by atoms with E-state index in [4.69, 9.17) is 5.11 Å². The van der Waals surface area contributed by atoms with E-state index in [9.17, 15) is 18.0 Å². The van der Waals surface area contributed by atoms with Gasteiger partial charge in [-0.15, -0.1) is 0 Å². The topological polar surface area (TPSA) is 115 Å². The number of esters is 1. The summed E-state index contributed by atoms with van der Waals surface area (Å²) in [5.41, 5.74) is -1.64. The number of carbonyl (C=O) groups is 2. The first kappa shape index (κ1) is 16.2. The van der Waals surface area contributed by atoms with Crippen LogP contribution >= 0.6 is 0 Å². The highest BCUT2D eigenvalue weighted by atomic mass is 32.2. The molecule has 0 radical (unpaired) electrons. The van der Waals surface area contributed by atoms with Gasteiger partial charge in [-0.25, -0.2) is 13.2 Å². The standard InChI is InChI=1S/C11H16N2O6S/c1-11(2,10(16)19-4)12-20(17,18)7-5-8(9(14)15)13(3)6-7/h5-6,12H,1-4H3,(H,14,15). The molecule has 112 valence electrons. The second-order valence-electron chi connectivity index (χ2n) is 4.70. The number of carboxylic acid groups (broad SMARTS) is 1. The number of methoxy groups -OCH3 is 1. The van der Waals surface area contributed by atoms with Gasteiger partial charge >= 0.3 is 11.9 Å². The summed E-state index contributed by atoms with van der Waals surface area (Å²) >= 11 is 0. The number of carbonyl (C=O) groups excluding carboxylic acids is 1. The molecule has 0 saturated heterocycles. The van der Waals surface area contributed by atoms with Gasteiger partial charge in [-0.3, -0.25) is 4.79 Å². The summed E-state index contributed by atoms with van der Waals surface area (Å²) in [7, 11) is -1.49. The van der Waals surface area contributed by atoms with Gasteiger partial charge in [-0.05, 0) is 19.9 Å². The van der Waals surface area contributed by atoms with Crippen LogP contribution in [0.25, 0.3) is 0 Å². The molecule has 0 aromatic carbocycles. The summed E-state index contributed by atoms with van der Waals surface area (Å²) in [5.74, 6) is -2.00. The van der Waals surface area contributed by atoms with Crippen molar-refractivity contribution < 1.29 is 27.9 Å². The molecular weight excluding hydrogens is 288 g/mol. The first-order valence-electron chi connectivity index (χ1n) is 5.53. The van der Waals surface area contributed by atoms with E-state index < -0.39 is 27.5 Å². The van der Waals surface area contributed by atoms with Gasteiger partial charge in [0.15, 0.2) is 0 Å². The Labute approximate surface area is 116 Å². The zero-order valence-electron chi connectivity index (χ0n) is 11.5. The van der Waals surface area contributed by atoms with Crippen molar-refractivity contribution in [3.8, 4) is 0 Å². The number of rotatable bonds is 5. The molecule has 0 aliphatic carbocycles. The molecule has 8 nitrogen and oxygen atoms in total. The van der Waals surface area contributed by atoms with Crippen LogP contribution in [-0.2, 0) is 26.6 Å². The smallest absolute Gasteiger partial charge is 0.352 e. The molecule has 0 amide bonds. The third-order valence-corrected chi connectivity index (χ3v) is 4.22. The largest absolute Gasteiger partial charge is 0.477 e. The molecule has 9 heteroatoms. The van der Waals surface area contributed by atoms with Crippen LogP contribution in [0.2, 0.25) is 0 Å². The molecule has 1 rings (SSSR count). The van der Waals surface area contributed by atoms with E-state index in [-0.39, 0.29) is 10.6 Å². The van der Waals surface area contributed by atoms with Crippen LogP contribution in [0.4, 0.5) is 0 Å². The lowest BCUT2D eigenvalue weighted by Crippen LogP contribution is -2.50. The van der Waals surface area contributed by atoms with Crippen LogP contribution in [-0.4, -0.2) is 42.7 Å². The van der Waals surface area contributed by atoms with Crippen molar-refractivity contribution in [1.29, 1.82) is 0 Å². The zero-order valence-corrected chi connectivity index (χ0v) is 12.3. The van der Waals surface area contributed by atoms with Crippen molar-refractivity contribution in [3.05, 3.63) is 18.0 Å². The monoisotopic (exact) mass is 304 g/mol. The molecule has 2 N–H and O–H groups in total. The van der Waals surface area contributed by atoms with Gasteiger partial charge in [0.2, 0.25) is 10.0 Å². The highest BCUT2D eigenvalue weighted by Gasteiger charge is 2.35. The lowest BCUT2D eigenvalue weighted by Gasteiger charge is -2.22. The zero-order chi connectivity index (χ0) is 15.7. The number of nitrogens with one attached hydrogen (secondary N) is 1. The van der Waals surface area contributed by atoms with Crippen molar-refractivity contribution in [1.82, 2.24) is 9.29 Å². The molecule has 0 aliphatic heterocycles. The number of carboxylic acids is 1. The molecule has 0 saturated carbocycles. The summed E-state index contributed by atoms with van der Waals surface area (Å²) in [4.78, 5) is 22.1. The van der Waals surface area contributed by atoms with Crippen LogP contribution in [0.3, 0.4) is 0 Å². The number of aromatic carboxylic acids is 1. The molecule has 1 aromatic heterocycles. The van der Waals surface area contributed by atoms with Crippen molar-refractivity contribution in [3.63, 3.8) is 0 Å². The molecule has 1 aromatic rings. The average molecular weight is 304 g/mol. The van der Waals surface area contributed by atoms with Gasteiger partial charge < -0.3 is 14.4 Å². The Hall–Kier alpha value is -1.87. The predicted molar refractivity (Wildman–Crippen MR) is 68.8 cm³/mol. The van der Waals surface area contributed by atoms with E-state index in [0.29, 0.717) is 0 Å². The minimum absolute atomic E-state index is 0.179. The molecule has 0 fully saturated rings. The maximum Gasteiger partial charge on any atom is 0.352 e. The Balaban J connectivity index is 3.15. The number of aryl methyl sites for hydroxylation is 1. The maximum absolute atomic E-state index is 12.1. The van der Waals surface area contributed by atoms with Gasteiger partial charge in [0.05, 0.1) is 7.11 Å². The lowest BCUT2D eigenvalue weighted by molar-refractivity contribution is -0.146. The normalized spacial score (nSPS) is 12.2. The molecule has 20 heavy (non-hydrogen) atoms. The number of nitrogens with zero attached hydrogens (tertiary/aromatic N) is 1. The number of hydrogen-bond donors (Lipinski definition) is 2. The van der Waals surface area contributed by atoms with Crippen LogP contribution in [0.1, 0.15) is 24.3 Å². The summed E-state index contributed by atoms with van der Waals surface area (Å²) in [6.07, 6.45) is 1.15. The molecule has 0 atom stereocenters. The van der Waals surface area contributed by atoms with Crippen LogP contribution in [0.15, 0.2) is 17.2 Å². The van der Waals surface area contributed by atoms with Crippen molar-refractivity contribution >= 4 is 22.0 Å².